The number of carboxylic acid groups (broad SMARTS) is 1. The van der Waals surface area contributed by atoms with Crippen LogP contribution in [-0.2, 0) is 14.4 Å². The average Bonchev–Trinajstić information content (AvgIpc) is 2.71. The summed E-state index contributed by atoms with van der Waals surface area (Å²) in [6, 6.07) is 6.80. The summed E-state index contributed by atoms with van der Waals surface area (Å²) in [5.41, 5.74) is 1.71. The van der Waals surface area contributed by atoms with Crippen LogP contribution in [0.15, 0.2) is 24.3 Å². The molecule has 1 aromatic carbocycles. The van der Waals surface area contributed by atoms with Crippen molar-refractivity contribution in [1.82, 2.24) is 10.2 Å². The van der Waals surface area contributed by atoms with Crippen LogP contribution < -0.4 is 5.32 Å². The molecule has 1 aliphatic rings. The van der Waals surface area contributed by atoms with Crippen molar-refractivity contribution in [3.8, 4) is 0 Å². The molecule has 1 aromatic rings. The Hall–Kier alpha value is -2.37. The van der Waals surface area contributed by atoms with Gasteiger partial charge >= 0.3 is 5.97 Å². The van der Waals surface area contributed by atoms with Crippen LogP contribution in [0.3, 0.4) is 0 Å². The van der Waals surface area contributed by atoms with Crippen LogP contribution in [0.1, 0.15) is 49.3 Å². The van der Waals surface area contributed by atoms with Gasteiger partial charge < -0.3 is 15.3 Å². The van der Waals surface area contributed by atoms with E-state index in [0.29, 0.717) is 13.0 Å². The van der Waals surface area contributed by atoms with E-state index in [4.69, 9.17) is 5.11 Å². The van der Waals surface area contributed by atoms with Crippen molar-refractivity contribution in [2.45, 2.75) is 45.1 Å². The lowest BCUT2D eigenvalue weighted by molar-refractivity contribution is -0.139. The van der Waals surface area contributed by atoms with Crippen molar-refractivity contribution in [3.63, 3.8) is 0 Å². The molecule has 0 spiro atoms. The molecule has 2 N–H and O–H groups in total. The molecule has 6 heteroatoms. The number of aryl methyl sites for hydroxylation is 1. The van der Waals surface area contributed by atoms with Crippen LogP contribution in [-0.4, -0.2) is 40.9 Å². The number of nitrogens with one attached hydrogen (secondary N) is 1. The first-order valence-electron chi connectivity index (χ1n) is 8.32. The third-order valence-corrected chi connectivity index (χ3v) is 4.28. The maximum Gasteiger partial charge on any atom is 0.305 e. The average molecular weight is 332 g/mol. The Morgan fingerprint density at radius 1 is 1.25 bits per heavy atom. The molecule has 0 aliphatic carbocycles. The minimum atomic E-state index is -0.977. The molecule has 1 atom stereocenters. The predicted molar refractivity (Wildman–Crippen MR) is 89.4 cm³/mol. The number of amides is 2. The van der Waals surface area contributed by atoms with Gasteiger partial charge in [-0.25, -0.2) is 0 Å². The lowest BCUT2D eigenvalue weighted by Crippen LogP contribution is -2.42. The third kappa shape index (κ3) is 5.08. The SMILES string of the molecule is Cc1ccccc1C(CC(=O)O)NC(=O)CN1CCCCCC1=O. The molecule has 1 unspecified atom stereocenters. The van der Waals surface area contributed by atoms with E-state index < -0.39 is 12.0 Å². The molecular weight excluding hydrogens is 308 g/mol. The Bertz CT molecular complexity index is 615. The molecular formula is C18H24N2O4. The van der Waals surface area contributed by atoms with Crippen LogP contribution in [0.25, 0.3) is 0 Å². The largest absolute Gasteiger partial charge is 0.481 e. The van der Waals surface area contributed by atoms with Crippen molar-refractivity contribution < 1.29 is 19.5 Å². The van der Waals surface area contributed by atoms with Gasteiger partial charge in [-0.15, -0.1) is 0 Å². The minimum Gasteiger partial charge on any atom is -0.481 e. The van der Waals surface area contributed by atoms with Crippen LogP contribution >= 0.6 is 0 Å². The van der Waals surface area contributed by atoms with Crippen LogP contribution in [0.4, 0.5) is 0 Å². The van der Waals surface area contributed by atoms with Gasteiger partial charge in [0.2, 0.25) is 11.8 Å². The third-order valence-electron chi connectivity index (χ3n) is 4.28. The lowest BCUT2D eigenvalue weighted by atomic mass is 9.98. The summed E-state index contributed by atoms with van der Waals surface area (Å²) >= 11 is 0. The van der Waals surface area contributed by atoms with Gasteiger partial charge in [-0.3, -0.25) is 14.4 Å². The first-order valence-corrected chi connectivity index (χ1v) is 8.32. The van der Waals surface area contributed by atoms with Crippen molar-refractivity contribution in [2.24, 2.45) is 0 Å². The number of hydrogen-bond donors (Lipinski definition) is 2. The Kier molecular flexibility index (Phi) is 6.35. The van der Waals surface area contributed by atoms with Gasteiger partial charge in [0.1, 0.15) is 0 Å². The van der Waals surface area contributed by atoms with Crippen LogP contribution in [0.2, 0.25) is 0 Å². The molecule has 1 saturated heterocycles. The molecule has 0 aromatic heterocycles. The number of carbonyl (C=O) groups is 3. The Labute approximate surface area is 141 Å². The number of carbonyl (C=O) groups excluding carboxylic acids is 2. The van der Waals surface area contributed by atoms with E-state index in [1.54, 1.807) is 4.90 Å². The fourth-order valence-corrected chi connectivity index (χ4v) is 3.01. The Morgan fingerprint density at radius 3 is 2.71 bits per heavy atom. The van der Waals surface area contributed by atoms with E-state index in [1.807, 2.05) is 31.2 Å². The van der Waals surface area contributed by atoms with Gasteiger partial charge in [0, 0.05) is 13.0 Å². The molecule has 0 bridgehead atoms. The standard InChI is InChI=1S/C18H24N2O4/c1-13-7-4-5-8-14(13)15(11-18(23)24)19-16(21)12-20-10-6-2-3-9-17(20)22/h4-5,7-8,15H,2-3,6,9-12H2,1H3,(H,19,21)(H,23,24). The second kappa shape index (κ2) is 8.47. The van der Waals surface area contributed by atoms with E-state index in [-0.39, 0.29) is 24.8 Å². The van der Waals surface area contributed by atoms with Crippen LogP contribution in [0.5, 0.6) is 0 Å². The van der Waals surface area contributed by atoms with E-state index in [9.17, 15) is 14.4 Å². The molecule has 6 nitrogen and oxygen atoms in total. The van der Waals surface area contributed by atoms with Crippen molar-refractivity contribution in [2.75, 3.05) is 13.1 Å². The highest BCUT2D eigenvalue weighted by Crippen LogP contribution is 2.21. The molecule has 2 rings (SSSR count). The molecule has 1 fully saturated rings. The highest BCUT2D eigenvalue weighted by molar-refractivity contribution is 5.85. The first kappa shape index (κ1) is 18.0. The van der Waals surface area contributed by atoms with Gasteiger partial charge in [-0.1, -0.05) is 30.7 Å². The second-order valence-corrected chi connectivity index (χ2v) is 6.20. The Morgan fingerprint density at radius 2 is 2.00 bits per heavy atom. The number of likely N-dealkylation sites (tertiary alicyclic amines) is 1. The maximum absolute atomic E-state index is 12.3. The minimum absolute atomic E-state index is 0.00618. The summed E-state index contributed by atoms with van der Waals surface area (Å²) in [6.45, 7) is 2.45. The smallest absolute Gasteiger partial charge is 0.305 e. The van der Waals surface area contributed by atoms with Gasteiger partial charge in [-0.2, -0.15) is 0 Å². The summed E-state index contributed by atoms with van der Waals surface area (Å²) in [5.74, 6) is -1.30. The van der Waals surface area contributed by atoms with E-state index in [1.165, 1.54) is 0 Å². The quantitative estimate of drug-likeness (QED) is 0.834. The molecule has 0 saturated carbocycles. The summed E-state index contributed by atoms with van der Waals surface area (Å²) in [4.78, 5) is 37.1. The zero-order chi connectivity index (χ0) is 17.5. The molecule has 130 valence electrons. The van der Waals surface area contributed by atoms with Gasteiger partial charge in [0.05, 0.1) is 19.0 Å². The summed E-state index contributed by atoms with van der Waals surface area (Å²) in [6.07, 6.45) is 3.04. The zero-order valence-electron chi connectivity index (χ0n) is 14.0. The molecule has 24 heavy (non-hydrogen) atoms. The lowest BCUT2D eigenvalue weighted by Gasteiger charge is -2.23. The van der Waals surface area contributed by atoms with E-state index in [2.05, 4.69) is 5.32 Å². The molecule has 0 radical (unpaired) electrons. The van der Waals surface area contributed by atoms with E-state index >= 15 is 0 Å². The fraction of sp³-hybridized carbons (Fsp3) is 0.500. The zero-order valence-corrected chi connectivity index (χ0v) is 14.0. The predicted octanol–water partition coefficient (Wildman–Crippen LogP) is 2.03. The highest BCUT2D eigenvalue weighted by Gasteiger charge is 2.23. The number of rotatable bonds is 6. The summed E-state index contributed by atoms with van der Waals surface area (Å²) in [7, 11) is 0. The van der Waals surface area contributed by atoms with E-state index in [0.717, 1.165) is 30.4 Å². The van der Waals surface area contributed by atoms with Crippen molar-refractivity contribution >= 4 is 17.8 Å². The highest BCUT2D eigenvalue weighted by atomic mass is 16.4. The number of carboxylic acids is 1. The van der Waals surface area contributed by atoms with Gasteiger partial charge in [0.25, 0.3) is 0 Å². The van der Waals surface area contributed by atoms with Crippen LogP contribution in [0, 0.1) is 6.92 Å². The molecule has 1 heterocycles. The monoisotopic (exact) mass is 332 g/mol. The Balaban J connectivity index is 2.05. The van der Waals surface area contributed by atoms with Crippen molar-refractivity contribution in [1.29, 1.82) is 0 Å². The molecule has 2 amide bonds. The number of hydrogen-bond acceptors (Lipinski definition) is 3. The van der Waals surface area contributed by atoms with Gasteiger partial charge in [0.15, 0.2) is 0 Å². The number of aliphatic carboxylic acids is 1. The maximum atomic E-state index is 12.3. The summed E-state index contributed by atoms with van der Waals surface area (Å²) in [5, 5.41) is 11.9. The first-order chi connectivity index (χ1) is 11.5. The molecule has 1 aliphatic heterocycles. The fourth-order valence-electron chi connectivity index (χ4n) is 3.01. The normalized spacial score (nSPS) is 16.4. The van der Waals surface area contributed by atoms with Crippen molar-refractivity contribution in [3.05, 3.63) is 35.4 Å². The second-order valence-electron chi connectivity index (χ2n) is 6.20. The number of benzene rings is 1. The topological polar surface area (TPSA) is 86.7 Å². The summed E-state index contributed by atoms with van der Waals surface area (Å²) < 4.78 is 0. The number of nitrogens with zero attached hydrogens (tertiary/aromatic N) is 1. The van der Waals surface area contributed by atoms with Gasteiger partial charge in [-0.05, 0) is 30.9 Å².